The lowest BCUT2D eigenvalue weighted by Crippen LogP contribution is -2.42. The normalized spacial score (nSPS) is 17.6. The van der Waals surface area contributed by atoms with E-state index in [9.17, 15) is 14.0 Å². The molecule has 0 aromatic heterocycles. The first-order valence-electron chi connectivity index (χ1n) is 16.0. The topological polar surface area (TPSA) is 37.4 Å². The Labute approximate surface area is 241 Å². The van der Waals surface area contributed by atoms with Crippen LogP contribution >= 0.6 is 11.8 Å². The Balaban J connectivity index is 1.22. The van der Waals surface area contributed by atoms with Crippen LogP contribution in [0.2, 0.25) is 0 Å². The maximum absolute atomic E-state index is 14.6. The molecule has 39 heavy (non-hydrogen) atoms. The van der Waals surface area contributed by atoms with Crippen molar-refractivity contribution in [1.29, 1.82) is 0 Å². The van der Waals surface area contributed by atoms with Gasteiger partial charge in [-0.15, -0.1) is 0 Å². The summed E-state index contributed by atoms with van der Waals surface area (Å²) in [6.07, 6.45) is 25.5. The van der Waals surface area contributed by atoms with E-state index in [0.717, 1.165) is 51.6 Å². The van der Waals surface area contributed by atoms with Crippen molar-refractivity contribution in [3.05, 3.63) is 47.8 Å². The monoisotopic (exact) mass is 557 g/mol. The zero-order valence-corrected chi connectivity index (χ0v) is 25.2. The molecular weight excluding hydrogens is 505 g/mol. The van der Waals surface area contributed by atoms with Crippen LogP contribution in [0.3, 0.4) is 0 Å². The molecule has 1 saturated carbocycles. The molecule has 0 N–H and O–H groups in total. The van der Waals surface area contributed by atoms with Crippen molar-refractivity contribution in [2.75, 3.05) is 13.1 Å². The highest BCUT2D eigenvalue weighted by Gasteiger charge is 2.40. The Kier molecular flexibility index (Phi) is 15.5. The largest absolute Gasteiger partial charge is 0.297 e. The Morgan fingerprint density at radius 2 is 1.46 bits per heavy atom. The van der Waals surface area contributed by atoms with E-state index in [2.05, 4.69) is 24.0 Å². The summed E-state index contributed by atoms with van der Waals surface area (Å²) in [6, 6.07) is 6.25. The van der Waals surface area contributed by atoms with Gasteiger partial charge in [0.15, 0.2) is 10.9 Å². The van der Waals surface area contributed by atoms with Crippen molar-refractivity contribution in [3.63, 3.8) is 0 Å². The van der Waals surface area contributed by atoms with E-state index >= 15 is 0 Å². The number of benzene rings is 1. The van der Waals surface area contributed by atoms with Crippen LogP contribution in [0.4, 0.5) is 4.39 Å². The van der Waals surface area contributed by atoms with E-state index in [1.54, 1.807) is 12.1 Å². The number of thioether (sulfide) groups is 1. The molecule has 1 aromatic carbocycles. The molecule has 2 aliphatic rings. The number of unbranched alkanes of at least 4 members (excludes halogenated alkanes) is 11. The number of likely N-dealkylation sites (tertiary alicyclic amines) is 1. The molecule has 0 amide bonds. The lowest BCUT2D eigenvalue weighted by atomic mass is 9.95. The van der Waals surface area contributed by atoms with Gasteiger partial charge in [0.25, 0.3) is 0 Å². The van der Waals surface area contributed by atoms with Gasteiger partial charge in [0.05, 0.1) is 6.04 Å². The Morgan fingerprint density at radius 1 is 0.872 bits per heavy atom. The number of allylic oxidation sites excluding steroid dienone is 2. The van der Waals surface area contributed by atoms with Gasteiger partial charge in [0, 0.05) is 36.2 Å². The molecule has 1 aromatic rings. The Bertz CT molecular complexity index is 876. The molecule has 1 saturated heterocycles. The summed E-state index contributed by atoms with van der Waals surface area (Å²) in [4.78, 5) is 27.8. The highest BCUT2D eigenvalue weighted by Crippen LogP contribution is 2.39. The SMILES string of the molecule is CCCCCCCC/C=C\CCCCCCCC(=O)SC1CCN(C(C(=O)C2CC2)c2ccccc2F)CC1. The van der Waals surface area contributed by atoms with Gasteiger partial charge >= 0.3 is 0 Å². The molecular formula is C34H52FNO2S. The fourth-order valence-electron chi connectivity index (χ4n) is 5.65. The molecule has 0 radical (unpaired) electrons. The molecule has 3 rings (SSSR count). The smallest absolute Gasteiger partial charge is 0.189 e. The number of piperidine rings is 1. The minimum Gasteiger partial charge on any atom is -0.297 e. The number of hydrogen-bond acceptors (Lipinski definition) is 4. The summed E-state index contributed by atoms with van der Waals surface area (Å²) in [6.45, 7) is 3.76. The number of nitrogens with zero attached hydrogens (tertiary/aromatic N) is 1. The predicted molar refractivity (Wildman–Crippen MR) is 164 cm³/mol. The van der Waals surface area contributed by atoms with Gasteiger partial charge in [-0.2, -0.15) is 0 Å². The van der Waals surface area contributed by atoms with Crippen LogP contribution in [0.1, 0.15) is 134 Å². The third kappa shape index (κ3) is 12.3. The van der Waals surface area contributed by atoms with E-state index in [-0.39, 0.29) is 17.5 Å². The van der Waals surface area contributed by atoms with Crippen molar-refractivity contribution in [3.8, 4) is 0 Å². The maximum atomic E-state index is 14.6. The van der Waals surface area contributed by atoms with Crippen LogP contribution in [0.25, 0.3) is 0 Å². The number of halogens is 1. The average Bonchev–Trinajstić information content (AvgIpc) is 3.79. The quantitative estimate of drug-likeness (QED) is 0.118. The summed E-state index contributed by atoms with van der Waals surface area (Å²) in [5.41, 5.74) is 0.515. The highest BCUT2D eigenvalue weighted by molar-refractivity contribution is 8.14. The van der Waals surface area contributed by atoms with E-state index < -0.39 is 6.04 Å². The van der Waals surface area contributed by atoms with Gasteiger partial charge in [0.1, 0.15) is 5.82 Å². The molecule has 1 aliphatic heterocycles. The van der Waals surface area contributed by atoms with Crippen LogP contribution in [0.15, 0.2) is 36.4 Å². The average molecular weight is 558 g/mol. The number of ketones is 1. The number of hydrogen-bond donors (Lipinski definition) is 0. The van der Waals surface area contributed by atoms with E-state index in [1.165, 1.54) is 88.5 Å². The zero-order valence-electron chi connectivity index (χ0n) is 24.4. The molecule has 2 fully saturated rings. The molecule has 1 atom stereocenters. The molecule has 5 heteroatoms. The van der Waals surface area contributed by atoms with Gasteiger partial charge < -0.3 is 0 Å². The second kappa shape index (κ2) is 18.8. The third-order valence-electron chi connectivity index (χ3n) is 8.23. The van der Waals surface area contributed by atoms with Crippen molar-refractivity contribution < 1.29 is 14.0 Å². The zero-order chi connectivity index (χ0) is 27.7. The van der Waals surface area contributed by atoms with E-state index in [0.29, 0.717) is 22.3 Å². The van der Waals surface area contributed by atoms with Gasteiger partial charge in [-0.25, -0.2) is 4.39 Å². The first-order valence-corrected chi connectivity index (χ1v) is 16.8. The Hall–Kier alpha value is -1.46. The van der Waals surface area contributed by atoms with Crippen molar-refractivity contribution in [2.24, 2.45) is 5.92 Å². The fraction of sp³-hybridized carbons (Fsp3) is 0.706. The summed E-state index contributed by atoms with van der Waals surface area (Å²) < 4.78 is 14.6. The van der Waals surface area contributed by atoms with Gasteiger partial charge in [-0.1, -0.05) is 100 Å². The molecule has 0 spiro atoms. The molecule has 1 heterocycles. The van der Waals surface area contributed by atoms with Crippen LogP contribution in [0, 0.1) is 11.7 Å². The number of carbonyl (C=O) groups excluding carboxylic acids is 2. The predicted octanol–water partition coefficient (Wildman–Crippen LogP) is 9.61. The molecule has 1 aliphatic carbocycles. The van der Waals surface area contributed by atoms with Crippen LogP contribution in [0.5, 0.6) is 0 Å². The van der Waals surface area contributed by atoms with Crippen LogP contribution in [-0.4, -0.2) is 34.1 Å². The fourth-order valence-corrected chi connectivity index (χ4v) is 6.74. The highest BCUT2D eigenvalue weighted by atomic mass is 32.2. The van der Waals surface area contributed by atoms with E-state index in [1.807, 2.05) is 6.07 Å². The molecule has 3 nitrogen and oxygen atoms in total. The van der Waals surface area contributed by atoms with Gasteiger partial charge in [-0.05, 0) is 63.9 Å². The minimum absolute atomic E-state index is 0.0923. The lowest BCUT2D eigenvalue weighted by molar-refractivity contribution is -0.126. The lowest BCUT2D eigenvalue weighted by Gasteiger charge is -2.37. The van der Waals surface area contributed by atoms with Crippen LogP contribution < -0.4 is 0 Å². The second-order valence-electron chi connectivity index (χ2n) is 11.7. The first-order chi connectivity index (χ1) is 19.1. The standard InChI is InChI=1S/C34H52FNO2S/c1-2-3-4-5-6-7-8-9-10-11-12-13-14-15-16-21-32(37)39-29-24-26-36(27-25-29)33(34(38)28-22-23-28)30-19-17-18-20-31(30)35/h9-10,17-20,28-29,33H,2-8,11-16,21-27H2,1H3/b10-9-. The maximum Gasteiger partial charge on any atom is 0.189 e. The van der Waals surface area contributed by atoms with Crippen molar-refractivity contribution >= 4 is 22.7 Å². The van der Waals surface area contributed by atoms with Crippen LogP contribution in [-0.2, 0) is 9.59 Å². The van der Waals surface area contributed by atoms with Gasteiger partial charge in [-0.3, -0.25) is 14.5 Å². The summed E-state index contributed by atoms with van der Waals surface area (Å²) in [5, 5.41) is 0.625. The summed E-state index contributed by atoms with van der Waals surface area (Å²) in [7, 11) is 0. The molecule has 0 bridgehead atoms. The number of carbonyl (C=O) groups is 2. The van der Waals surface area contributed by atoms with Gasteiger partial charge in [0.2, 0.25) is 0 Å². The van der Waals surface area contributed by atoms with E-state index in [4.69, 9.17) is 0 Å². The van der Waals surface area contributed by atoms with Crippen molar-refractivity contribution in [1.82, 2.24) is 4.90 Å². The molecule has 1 unspecified atom stereocenters. The van der Waals surface area contributed by atoms with Crippen molar-refractivity contribution in [2.45, 2.75) is 134 Å². The third-order valence-corrected chi connectivity index (χ3v) is 9.50. The number of rotatable bonds is 20. The first kappa shape index (κ1) is 32.1. The number of Topliss-reactive ketones (excluding diaryl/α,β-unsaturated/α-hetero) is 1. The summed E-state index contributed by atoms with van der Waals surface area (Å²) in [5.74, 6) is -0.0238. The second-order valence-corrected chi connectivity index (χ2v) is 13.0. The minimum atomic E-state index is -0.476. The Morgan fingerprint density at radius 3 is 2.08 bits per heavy atom. The summed E-state index contributed by atoms with van der Waals surface area (Å²) >= 11 is 1.51. The molecule has 218 valence electrons.